The molecular formula is C12H18N6O. The third-order valence-corrected chi connectivity index (χ3v) is 2.92. The van der Waals surface area contributed by atoms with Crippen LogP contribution in [0.3, 0.4) is 0 Å². The summed E-state index contributed by atoms with van der Waals surface area (Å²) in [5.41, 5.74) is 8.47. The van der Waals surface area contributed by atoms with Crippen molar-refractivity contribution in [2.45, 2.75) is 19.9 Å². The Bertz CT molecular complexity index is 597. The molecule has 0 spiro atoms. The van der Waals surface area contributed by atoms with Crippen molar-refractivity contribution in [2.24, 2.45) is 14.1 Å². The van der Waals surface area contributed by atoms with Gasteiger partial charge in [-0.3, -0.25) is 14.2 Å². The van der Waals surface area contributed by atoms with Gasteiger partial charge in [0, 0.05) is 32.4 Å². The number of carbonyl (C=O) groups excluding carboxylic acids is 1. The van der Waals surface area contributed by atoms with Gasteiger partial charge >= 0.3 is 0 Å². The molecule has 2 aromatic heterocycles. The van der Waals surface area contributed by atoms with Crippen LogP contribution in [0.1, 0.15) is 28.7 Å². The van der Waals surface area contributed by atoms with E-state index in [1.165, 1.54) is 4.68 Å². The van der Waals surface area contributed by atoms with Gasteiger partial charge in [0.05, 0.1) is 17.6 Å². The summed E-state index contributed by atoms with van der Waals surface area (Å²) in [5.74, 6) is -0.226. The van der Waals surface area contributed by atoms with E-state index in [-0.39, 0.29) is 5.91 Å². The van der Waals surface area contributed by atoms with Crippen molar-refractivity contribution in [3.63, 3.8) is 0 Å². The van der Waals surface area contributed by atoms with Crippen molar-refractivity contribution < 1.29 is 4.79 Å². The van der Waals surface area contributed by atoms with Gasteiger partial charge < -0.3 is 11.1 Å². The van der Waals surface area contributed by atoms with E-state index in [0.717, 1.165) is 11.3 Å². The maximum Gasteiger partial charge on any atom is 0.271 e. The maximum absolute atomic E-state index is 12.1. The fourth-order valence-corrected chi connectivity index (χ4v) is 1.96. The summed E-state index contributed by atoms with van der Waals surface area (Å²) in [6, 6.07) is 0. The quantitative estimate of drug-likeness (QED) is 0.825. The molecule has 0 fully saturated rings. The maximum atomic E-state index is 12.1. The number of nitrogens with one attached hydrogen (secondary N) is 1. The molecule has 19 heavy (non-hydrogen) atoms. The Labute approximate surface area is 111 Å². The third-order valence-electron chi connectivity index (χ3n) is 2.92. The van der Waals surface area contributed by atoms with Crippen LogP contribution in [0.25, 0.3) is 0 Å². The molecule has 7 nitrogen and oxygen atoms in total. The van der Waals surface area contributed by atoms with E-state index in [4.69, 9.17) is 5.73 Å². The Balaban J connectivity index is 2.10. The summed E-state index contributed by atoms with van der Waals surface area (Å²) in [7, 11) is 3.55. The fourth-order valence-electron chi connectivity index (χ4n) is 1.96. The Hall–Kier alpha value is -2.31. The van der Waals surface area contributed by atoms with Crippen LogP contribution in [0.4, 0.5) is 5.69 Å². The van der Waals surface area contributed by atoms with Crippen LogP contribution in [-0.4, -0.2) is 25.5 Å². The average molecular weight is 262 g/mol. The summed E-state index contributed by atoms with van der Waals surface area (Å²) in [4.78, 5) is 12.1. The van der Waals surface area contributed by atoms with Gasteiger partial charge in [-0.25, -0.2) is 0 Å². The zero-order valence-corrected chi connectivity index (χ0v) is 11.3. The first-order valence-corrected chi connectivity index (χ1v) is 6.10. The van der Waals surface area contributed by atoms with Gasteiger partial charge in [0.1, 0.15) is 5.69 Å². The molecule has 7 heteroatoms. The highest BCUT2D eigenvalue weighted by Crippen LogP contribution is 2.16. The molecule has 0 unspecified atom stereocenters. The number of rotatable bonds is 4. The van der Waals surface area contributed by atoms with E-state index < -0.39 is 0 Å². The monoisotopic (exact) mass is 262 g/mol. The van der Waals surface area contributed by atoms with Crippen molar-refractivity contribution in [1.29, 1.82) is 0 Å². The largest absolute Gasteiger partial charge is 0.395 e. The molecule has 0 aliphatic carbocycles. The highest BCUT2D eigenvalue weighted by atomic mass is 16.2. The summed E-state index contributed by atoms with van der Waals surface area (Å²) >= 11 is 0. The molecule has 0 aromatic carbocycles. The third kappa shape index (κ3) is 2.59. The van der Waals surface area contributed by atoms with E-state index in [1.807, 2.05) is 20.2 Å². The lowest BCUT2D eigenvalue weighted by atomic mass is 10.2. The molecule has 0 radical (unpaired) electrons. The van der Waals surface area contributed by atoms with Crippen LogP contribution in [0.5, 0.6) is 0 Å². The average Bonchev–Trinajstić information content (AvgIpc) is 2.90. The van der Waals surface area contributed by atoms with Gasteiger partial charge in [-0.1, -0.05) is 6.92 Å². The first kappa shape index (κ1) is 13.1. The number of nitrogens with two attached hydrogens (primary N) is 1. The zero-order valence-electron chi connectivity index (χ0n) is 11.3. The number of aryl methyl sites for hydroxylation is 3. The minimum atomic E-state index is -0.226. The van der Waals surface area contributed by atoms with Gasteiger partial charge in [-0.2, -0.15) is 10.2 Å². The van der Waals surface area contributed by atoms with Crippen LogP contribution in [-0.2, 0) is 27.1 Å². The first-order chi connectivity index (χ1) is 9.02. The van der Waals surface area contributed by atoms with E-state index in [0.29, 0.717) is 24.3 Å². The number of aromatic nitrogens is 4. The van der Waals surface area contributed by atoms with E-state index >= 15 is 0 Å². The van der Waals surface area contributed by atoms with Crippen LogP contribution < -0.4 is 11.1 Å². The molecule has 2 rings (SSSR count). The number of anilines is 1. The van der Waals surface area contributed by atoms with Crippen LogP contribution in [0, 0.1) is 0 Å². The first-order valence-electron chi connectivity index (χ1n) is 6.10. The molecule has 0 bridgehead atoms. The molecule has 2 heterocycles. The van der Waals surface area contributed by atoms with Gasteiger partial charge in [0.15, 0.2) is 0 Å². The Kier molecular flexibility index (Phi) is 3.55. The standard InChI is InChI=1S/C12H18N6O/c1-4-9-10(13)11(18(3)16-9)12(19)14-5-8-6-15-17(2)7-8/h6-7H,4-5,13H2,1-3H3,(H,14,19). The molecule has 0 aliphatic heterocycles. The van der Waals surface area contributed by atoms with Crippen molar-refractivity contribution in [2.75, 3.05) is 5.73 Å². The molecule has 0 atom stereocenters. The van der Waals surface area contributed by atoms with Gasteiger partial charge in [-0.05, 0) is 6.42 Å². The predicted octanol–water partition coefficient (Wildman–Crippen LogP) is 0.228. The van der Waals surface area contributed by atoms with E-state index in [2.05, 4.69) is 15.5 Å². The number of nitrogen functional groups attached to an aromatic ring is 1. The molecular weight excluding hydrogens is 244 g/mol. The fraction of sp³-hybridized carbons (Fsp3) is 0.417. The molecule has 0 saturated heterocycles. The lowest BCUT2D eigenvalue weighted by Gasteiger charge is -2.04. The number of carbonyl (C=O) groups is 1. The molecule has 2 aromatic rings. The lowest BCUT2D eigenvalue weighted by Crippen LogP contribution is -2.25. The number of amides is 1. The molecule has 1 amide bonds. The van der Waals surface area contributed by atoms with Crippen molar-refractivity contribution in [3.8, 4) is 0 Å². The number of hydrogen-bond donors (Lipinski definition) is 2. The zero-order chi connectivity index (χ0) is 14.0. The van der Waals surface area contributed by atoms with Crippen LogP contribution in [0.2, 0.25) is 0 Å². The second-order valence-corrected chi connectivity index (χ2v) is 4.39. The molecule has 0 aliphatic rings. The van der Waals surface area contributed by atoms with Crippen molar-refractivity contribution in [1.82, 2.24) is 24.9 Å². The molecule has 3 N–H and O–H groups in total. The summed E-state index contributed by atoms with van der Waals surface area (Å²) < 4.78 is 3.21. The Morgan fingerprint density at radius 1 is 1.47 bits per heavy atom. The second-order valence-electron chi connectivity index (χ2n) is 4.39. The van der Waals surface area contributed by atoms with Crippen LogP contribution >= 0.6 is 0 Å². The summed E-state index contributed by atoms with van der Waals surface area (Å²) in [6.45, 7) is 2.37. The number of hydrogen-bond acceptors (Lipinski definition) is 4. The molecule has 102 valence electrons. The topological polar surface area (TPSA) is 90.8 Å². The minimum Gasteiger partial charge on any atom is -0.395 e. The Morgan fingerprint density at radius 3 is 2.74 bits per heavy atom. The van der Waals surface area contributed by atoms with E-state index in [1.54, 1.807) is 17.9 Å². The molecule has 0 saturated carbocycles. The minimum absolute atomic E-state index is 0.226. The highest BCUT2D eigenvalue weighted by Gasteiger charge is 2.18. The number of nitrogens with zero attached hydrogens (tertiary/aromatic N) is 4. The predicted molar refractivity (Wildman–Crippen MR) is 71.4 cm³/mol. The van der Waals surface area contributed by atoms with Crippen molar-refractivity contribution >= 4 is 11.6 Å². The SMILES string of the molecule is CCc1nn(C)c(C(=O)NCc2cnn(C)c2)c1N. The lowest BCUT2D eigenvalue weighted by molar-refractivity contribution is 0.0942. The normalized spacial score (nSPS) is 10.7. The smallest absolute Gasteiger partial charge is 0.271 e. The second kappa shape index (κ2) is 5.13. The summed E-state index contributed by atoms with van der Waals surface area (Å²) in [6.07, 6.45) is 4.27. The van der Waals surface area contributed by atoms with Gasteiger partial charge in [0.25, 0.3) is 5.91 Å². The van der Waals surface area contributed by atoms with Crippen molar-refractivity contribution in [3.05, 3.63) is 29.3 Å². The highest BCUT2D eigenvalue weighted by molar-refractivity contribution is 5.97. The van der Waals surface area contributed by atoms with Crippen LogP contribution in [0.15, 0.2) is 12.4 Å². The summed E-state index contributed by atoms with van der Waals surface area (Å²) in [5, 5.41) is 11.1. The van der Waals surface area contributed by atoms with Gasteiger partial charge in [-0.15, -0.1) is 0 Å². The van der Waals surface area contributed by atoms with Gasteiger partial charge in [0.2, 0.25) is 0 Å². The Morgan fingerprint density at radius 2 is 2.21 bits per heavy atom. The van der Waals surface area contributed by atoms with E-state index in [9.17, 15) is 4.79 Å².